The fraction of sp³-hybridized carbons (Fsp3) is 1.00. The van der Waals surface area contributed by atoms with E-state index in [1.165, 1.54) is 19.3 Å². The molecular weight excluding hydrogens is 160 g/mol. The Labute approximate surface area is 82.5 Å². The highest BCUT2D eigenvalue weighted by molar-refractivity contribution is 4.88. The van der Waals surface area contributed by atoms with E-state index < -0.39 is 0 Å². The Kier molecular flexibility index (Phi) is 3.78. The molecule has 1 aliphatic rings. The molecule has 0 saturated heterocycles. The summed E-state index contributed by atoms with van der Waals surface area (Å²) in [6, 6.07) is 0. The molecule has 0 aromatic carbocycles. The van der Waals surface area contributed by atoms with Crippen LogP contribution in [0.4, 0.5) is 0 Å². The summed E-state index contributed by atoms with van der Waals surface area (Å²) in [5.41, 5.74) is -0.309. The third kappa shape index (κ3) is 2.98. The van der Waals surface area contributed by atoms with E-state index in [9.17, 15) is 5.11 Å². The van der Waals surface area contributed by atoms with Gasteiger partial charge in [-0.15, -0.1) is 0 Å². The van der Waals surface area contributed by atoms with Gasteiger partial charge in [0.15, 0.2) is 0 Å². The van der Waals surface area contributed by atoms with Gasteiger partial charge in [-0.05, 0) is 37.5 Å². The van der Waals surface area contributed by atoms with Gasteiger partial charge in [-0.2, -0.15) is 0 Å². The predicted octanol–water partition coefficient (Wildman–Crippen LogP) is 3.36. The number of hydrogen-bond acceptors (Lipinski definition) is 1. The zero-order chi connectivity index (χ0) is 9.90. The van der Waals surface area contributed by atoms with Gasteiger partial charge in [-0.25, -0.2) is 0 Å². The first-order valence-electron chi connectivity index (χ1n) is 5.82. The monoisotopic (exact) mass is 184 g/mol. The highest BCUT2D eigenvalue weighted by atomic mass is 16.3. The van der Waals surface area contributed by atoms with Gasteiger partial charge in [0, 0.05) is 0 Å². The van der Waals surface area contributed by atoms with Crippen LogP contribution in [0.1, 0.15) is 59.3 Å². The van der Waals surface area contributed by atoms with E-state index in [1.807, 2.05) is 0 Å². The minimum atomic E-state index is -0.309. The summed E-state index contributed by atoms with van der Waals surface area (Å²) in [7, 11) is 0. The molecule has 0 amide bonds. The second kappa shape index (κ2) is 4.45. The molecule has 0 bridgehead atoms. The first kappa shape index (κ1) is 11.0. The van der Waals surface area contributed by atoms with Crippen molar-refractivity contribution < 1.29 is 5.11 Å². The maximum absolute atomic E-state index is 10.3. The first-order chi connectivity index (χ1) is 6.09. The lowest BCUT2D eigenvalue weighted by atomic mass is 9.86. The molecule has 0 aromatic rings. The zero-order valence-electron chi connectivity index (χ0n) is 9.34. The lowest BCUT2D eigenvalue weighted by molar-refractivity contribution is 0.0177. The molecule has 0 spiro atoms. The second-order valence-electron chi connectivity index (χ2n) is 4.96. The van der Waals surface area contributed by atoms with Gasteiger partial charge in [0.1, 0.15) is 0 Å². The summed E-state index contributed by atoms with van der Waals surface area (Å²) in [5.74, 6) is 1.47. The van der Waals surface area contributed by atoms with Gasteiger partial charge >= 0.3 is 0 Å². The quantitative estimate of drug-likeness (QED) is 0.710. The molecule has 1 heteroatoms. The first-order valence-corrected chi connectivity index (χ1v) is 5.82. The van der Waals surface area contributed by atoms with E-state index in [-0.39, 0.29) is 5.60 Å². The van der Waals surface area contributed by atoms with Gasteiger partial charge in [0.2, 0.25) is 0 Å². The molecule has 2 atom stereocenters. The third-order valence-corrected chi connectivity index (χ3v) is 3.65. The van der Waals surface area contributed by atoms with Crippen molar-refractivity contribution in [2.24, 2.45) is 11.8 Å². The van der Waals surface area contributed by atoms with E-state index in [0.717, 1.165) is 31.1 Å². The molecule has 13 heavy (non-hydrogen) atoms. The Morgan fingerprint density at radius 1 is 1.38 bits per heavy atom. The molecular formula is C12H24O. The van der Waals surface area contributed by atoms with Gasteiger partial charge in [0.25, 0.3) is 0 Å². The van der Waals surface area contributed by atoms with Crippen LogP contribution in [-0.2, 0) is 0 Å². The average Bonchev–Trinajstić information content (AvgIpc) is 2.43. The highest BCUT2D eigenvalue weighted by Gasteiger charge is 2.36. The normalized spacial score (nSPS) is 34.4. The van der Waals surface area contributed by atoms with Crippen LogP contribution in [0.5, 0.6) is 0 Å². The highest BCUT2D eigenvalue weighted by Crippen LogP contribution is 2.39. The summed E-state index contributed by atoms with van der Waals surface area (Å²) in [5, 5.41) is 10.3. The number of hydrogen-bond donors (Lipinski definition) is 1. The van der Waals surface area contributed by atoms with Crippen LogP contribution in [0.2, 0.25) is 0 Å². The molecule has 1 nitrogen and oxygen atoms in total. The largest absolute Gasteiger partial charge is 0.390 e. The standard InChI is InChI=1S/C12H24O/c1-4-11(5-2)9-12(13)7-6-10(3)8-12/h10-11,13H,4-9H2,1-3H3. The Balaban J connectivity index is 2.42. The summed E-state index contributed by atoms with van der Waals surface area (Å²) >= 11 is 0. The van der Waals surface area contributed by atoms with Crippen molar-refractivity contribution in [3.05, 3.63) is 0 Å². The lowest BCUT2D eigenvalue weighted by Gasteiger charge is -2.27. The Hall–Kier alpha value is -0.0400. The van der Waals surface area contributed by atoms with E-state index in [1.54, 1.807) is 0 Å². The van der Waals surface area contributed by atoms with Crippen LogP contribution in [0, 0.1) is 11.8 Å². The fourth-order valence-electron chi connectivity index (χ4n) is 2.67. The fourth-order valence-corrected chi connectivity index (χ4v) is 2.67. The summed E-state index contributed by atoms with van der Waals surface area (Å²) in [6.45, 7) is 6.72. The minimum absolute atomic E-state index is 0.309. The van der Waals surface area contributed by atoms with Gasteiger partial charge in [0.05, 0.1) is 5.60 Å². The second-order valence-corrected chi connectivity index (χ2v) is 4.96. The van der Waals surface area contributed by atoms with E-state index in [0.29, 0.717) is 0 Å². The Morgan fingerprint density at radius 3 is 2.38 bits per heavy atom. The molecule has 78 valence electrons. The van der Waals surface area contributed by atoms with Crippen molar-refractivity contribution in [2.45, 2.75) is 64.9 Å². The SMILES string of the molecule is CCC(CC)CC1(O)CCC(C)C1. The number of rotatable bonds is 4. The van der Waals surface area contributed by atoms with Crippen LogP contribution in [0.3, 0.4) is 0 Å². The number of aliphatic hydroxyl groups is 1. The van der Waals surface area contributed by atoms with E-state index in [2.05, 4.69) is 20.8 Å². The van der Waals surface area contributed by atoms with Crippen LogP contribution in [-0.4, -0.2) is 10.7 Å². The topological polar surface area (TPSA) is 20.2 Å². The van der Waals surface area contributed by atoms with Gasteiger partial charge in [-0.3, -0.25) is 0 Å². The van der Waals surface area contributed by atoms with E-state index >= 15 is 0 Å². The van der Waals surface area contributed by atoms with Crippen LogP contribution < -0.4 is 0 Å². The lowest BCUT2D eigenvalue weighted by Crippen LogP contribution is -2.27. The molecule has 0 aromatic heterocycles. The maximum atomic E-state index is 10.3. The maximum Gasteiger partial charge on any atom is 0.0653 e. The molecule has 1 rings (SSSR count). The molecule has 0 heterocycles. The van der Waals surface area contributed by atoms with Crippen molar-refractivity contribution in [3.63, 3.8) is 0 Å². The molecule has 0 aliphatic heterocycles. The van der Waals surface area contributed by atoms with Crippen molar-refractivity contribution in [1.82, 2.24) is 0 Å². The Morgan fingerprint density at radius 2 is 2.00 bits per heavy atom. The van der Waals surface area contributed by atoms with Crippen LogP contribution in [0.25, 0.3) is 0 Å². The average molecular weight is 184 g/mol. The van der Waals surface area contributed by atoms with Crippen molar-refractivity contribution in [2.75, 3.05) is 0 Å². The van der Waals surface area contributed by atoms with E-state index in [4.69, 9.17) is 0 Å². The molecule has 1 aliphatic carbocycles. The molecule has 1 N–H and O–H groups in total. The molecule has 1 fully saturated rings. The zero-order valence-corrected chi connectivity index (χ0v) is 9.34. The van der Waals surface area contributed by atoms with Crippen molar-refractivity contribution >= 4 is 0 Å². The Bertz CT molecular complexity index is 151. The predicted molar refractivity (Wildman–Crippen MR) is 56.7 cm³/mol. The smallest absolute Gasteiger partial charge is 0.0653 e. The minimum Gasteiger partial charge on any atom is -0.390 e. The van der Waals surface area contributed by atoms with Crippen molar-refractivity contribution in [3.8, 4) is 0 Å². The molecule has 0 radical (unpaired) electrons. The van der Waals surface area contributed by atoms with Gasteiger partial charge < -0.3 is 5.11 Å². The van der Waals surface area contributed by atoms with Crippen LogP contribution in [0.15, 0.2) is 0 Å². The summed E-state index contributed by atoms with van der Waals surface area (Å²) in [4.78, 5) is 0. The van der Waals surface area contributed by atoms with Crippen LogP contribution >= 0.6 is 0 Å². The van der Waals surface area contributed by atoms with Crippen molar-refractivity contribution in [1.29, 1.82) is 0 Å². The summed E-state index contributed by atoms with van der Waals surface area (Å²) < 4.78 is 0. The molecule has 2 unspecified atom stereocenters. The summed E-state index contributed by atoms with van der Waals surface area (Å²) in [6.07, 6.45) is 6.75. The van der Waals surface area contributed by atoms with Gasteiger partial charge in [-0.1, -0.05) is 33.6 Å². The molecule has 1 saturated carbocycles. The third-order valence-electron chi connectivity index (χ3n) is 3.65.